The second-order valence-corrected chi connectivity index (χ2v) is 4.65. The summed E-state index contributed by atoms with van der Waals surface area (Å²) in [7, 11) is 0. The SMILES string of the molecule is C#C[C@H]1C[C@@H]1CNC(=O)OC(C)(C)C. The van der Waals surface area contributed by atoms with Crippen LogP contribution in [-0.4, -0.2) is 18.2 Å². The molecule has 0 heterocycles. The quantitative estimate of drug-likeness (QED) is 0.682. The molecule has 1 N–H and O–H groups in total. The number of nitrogens with one attached hydrogen (secondary N) is 1. The summed E-state index contributed by atoms with van der Waals surface area (Å²) in [6, 6.07) is 0. The van der Waals surface area contributed by atoms with Crippen LogP contribution in [0.2, 0.25) is 0 Å². The molecule has 0 unspecified atom stereocenters. The standard InChI is InChI=1S/C11H17NO2/c1-5-8-6-9(8)7-12-10(13)14-11(2,3)4/h1,8-9H,6-7H2,2-4H3,(H,12,13)/t8-,9+/m0/s1. The van der Waals surface area contributed by atoms with Gasteiger partial charge in [0.15, 0.2) is 0 Å². The average Bonchev–Trinajstić information content (AvgIpc) is 2.76. The highest BCUT2D eigenvalue weighted by molar-refractivity contribution is 5.67. The number of carbonyl (C=O) groups excluding carboxylic acids is 1. The van der Waals surface area contributed by atoms with Gasteiger partial charge in [0.1, 0.15) is 5.60 Å². The molecule has 0 radical (unpaired) electrons. The first-order valence-electron chi connectivity index (χ1n) is 4.85. The van der Waals surface area contributed by atoms with Crippen molar-refractivity contribution in [3.05, 3.63) is 0 Å². The van der Waals surface area contributed by atoms with Crippen molar-refractivity contribution in [2.75, 3.05) is 6.54 Å². The highest BCUT2D eigenvalue weighted by Crippen LogP contribution is 2.36. The molecule has 0 aliphatic heterocycles. The lowest BCUT2D eigenvalue weighted by Crippen LogP contribution is -2.33. The van der Waals surface area contributed by atoms with E-state index in [9.17, 15) is 4.79 Å². The molecule has 0 spiro atoms. The van der Waals surface area contributed by atoms with Gasteiger partial charge in [-0.3, -0.25) is 0 Å². The summed E-state index contributed by atoms with van der Waals surface area (Å²) in [5, 5.41) is 2.71. The first kappa shape index (κ1) is 10.9. The van der Waals surface area contributed by atoms with E-state index < -0.39 is 5.60 Å². The normalized spacial score (nSPS) is 25.0. The van der Waals surface area contributed by atoms with Gasteiger partial charge in [0.2, 0.25) is 0 Å². The van der Waals surface area contributed by atoms with Gasteiger partial charge in [0, 0.05) is 12.5 Å². The Morgan fingerprint density at radius 3 is 2.71 bits per heavy atom. The maximum absolute atomic E-state index is 11.2. The summed E-state index contributed by atoms with van der Waals surface area (Å²) < 4.78 is 5.08. The van der Waals surface area contributed by atoms with Crippen LogP contribution in [0, 0.1) is 24.2 Å². The molecule has 0 aromatic heterocycles. The van der Waals surface area contributed by atoms with Crippen molar-refractivity contribution in [3.63, 3.8) is 0 Å². The molecule has 0 aromatic carbocycles. The molecule has 2 atom stereocenters. The molecule has 1 aliphatic rings. The second-order valence-electron chi connectivity index (χ2n) is 4.65. The Hall–Kier alpha value is -1.17. The van der Waals surface area contributed by atoms with Crippen LogP contribution < -0.4 is 5.32 Å². The maximum atomic E-state index is 11.2. The Labute approximate surface area is 85.2 Å². The van der Waals surface area contributed by atoms with E-state index in [4.69, 9.17) is 11.2 Å². The molecule has 1 aliphatic carbocycles. The van der Waals surface area contributed by atoms with E-state index in [0.29, 0.717) is 18.4 Å². The zero-order valence-electron chi connectivity index (χ0n) is 8.96. The second kappa shape index (κ2) is 3.91. The molecule has 1 rings (SSSR count). The molecule has 14 heavy (non-hydrogen) atoms. The van der Waals surface area contributed by atoms with E-state index in [1.54, 1.807) is 0 Å². The minimum atomic E-state index is -0.431. The van der Waals surface area contributed by atoms with Crippen molar-refractivity contribution in [1.29, 1.82) is 0 Å². The van der Waals surface area contributed by atoms with Gasteiger partial charge in [0.05, 0.1) is 0 Å². The number of ether oxygens (including phenoxy) is 1. The van der Waals surface area contributed by atoms with Gasteiger partial charge in [0.25, 0.3) is 0 Å². The highest BCUT2D eigenvalue weighted by atomic mass is 16.6. The maximum Gasteiger partial charge on any atom is 0.407 e. The first-order chi connectivity index (χ1) is 6.42. The van der Waals surface area contributed by atoms with Crippen molar-refractivity contribution >= 4 is 6.09 Å². The predicted octanol–water partition coefficient (Wildman–Crippen LogP) is 1.78. The van der Waals surface area contributed by atoms with Gasteiger partial charge in [-0.25, -0.2) is 4.79 Å². The molecule has 1 fully saturated rings. The van der Waals surface area contributed by atoms with Gasteiger partial charge >= 0.3 is 6.09 Å². The van der Waals surface area contributed by atoms with Crippen molar-refractivity contribution < 1.29 is 9.53 Å². The van der Waals surface area contributed by atoms with Crippen molar-refractivity contribution in [2.24, 2.45) is 11.8 Å². The third-order valence-electron chi connectivity index (χ3n) is 2.04. The Bertz CT molecular complexity index is 259. The van der Waals surface area contributed by atoms with Gasteiger partial charge in [-0.15, -0.1) is 12.3 Å². The van der Waals surface area contributed by atoms with E-state index in [2.05, 4.69) is 11.2 Å². The number of rotatable bonds is 2. The van der Waals surface area contributed by atoms with Crippen LogP contribution >= 0.6 is 0 Å². The summed E-state index contributed by atoms with van der Waals surface area (Å²) in [6.07, 6.45) is 5.90. The molecule has 3 heteroatoms. The monoisotopic (exact) mass is 195 g/mol. The summed E-state index contributed by atoms with van der Waals surface area (Å²) in [6.45, 7) is 6.15. The fourth-order valence-corrected chi connectivity index (χ4v) is 1.21. The van der Waals surface area contributed by atoms with Gasteiger partial charge in [-0.2, -0.15) is 0 Å². The predicted molar refractivity (Wildman–Crippen MR) is 54.7 cm³/mol. The summed E-state index contributed by atoms with van der Waals surface area (Å²) in [5.41, 5.74) is -0.431. The third kappa shape index (κ3) is 3.69. The lowest BCUT2D eigenvalue weighted by atomic mass is 10.2. The Morgan fingerprint density at radius 2 is 2.29 bits per heavy atom. The van der Waals surface area contributed by atoms with Crippen LogP contribution in [0.15, 0.2) is 0 Å². The Kier molecular flexibility index (Phi) is 3.05. The van der Waals surface area contributed by atoms with Crippen LogP contribution in [0.25, 0.3) is 0 Å². The summed E-state index contributed by atoms with van der Waals surface area (Å²) in [5.74, 6) is 3.47. The molecule has 3 nitrogen and oxygen atoms in total. The topological polar surface area (TPSA) is 38.3 Å². The van der Waals surface area contributed by atoms with Crippen LogP contribution in [-0.2, 0) is 4.74 Å². The van der Waals surface area contributed by atoms with E-state index in [0.717, 1.165) is 6.42 Å². The minimum absolute atomic E-state index is 0.352. The Morgan fingerprint density at radius 1 is 1.64 bits per heavy atom. The van der Waals surface area contributed by atoms with E-state index in [1.807, 2.05) is 20.8 Å². The molecular formula is C11H17NO2. The molecule has 0 aromatic rings. The smallest absolute Gasteiger partial charge is 0.407 e. The van der Waals surface area contributed by atoms with Gasteiger partial charge in [-0.05, 0) is 33.1 Å². The van der Waals surface area contributed by atoms with Crippen LogP contribution in [0.3, 0.4) is 0 Å². The number of alkyl carbamates (subject to hydrolysis) is 1. The van der Waals surface area contributed by atoms with Crippen molar-refractivity contribution in [2.45, 2.75) is 32.8 Å². The molecule has 1 saturated carbocycles. The zero-order valence-corrected chi connectivity index (χ0v) is 8.96. The lowest BCUT2D eigenvalue weighted by molar-refractivity contribution is 0.0525. The van der Waals surface area contributed by atoms with Crippen LogP contribution in [0.5, 0.6) is 0 Å². The van der Waals surface area contributed by atoms with Crippen LogP contribution in [0.4, 0.5) is 4.79 Å². The minimum Gasteiger partial charge on any atom is -0.444 e. The molecule has 0 saturated heterocycles. The molecule has 0 bridgehead atoms. The lowest BCUT2D eigenvalue weighted by Gasteiger charge is -2.19. The van der Waals surface area contributed by atoms with Gasteiger partial charge < -0.3 is 10.1 Å². The highest BCUT2D eigenvalue weighted by Gasteiger charge is 2.35. The third-order valence-corrected chi connectivity index (χ3v) is 2.04. The number of carbonyl (C=O) groups is 1. The Balaban J connectivity index is 2.14. The molecule has 78 valence electrons. The van der Waals surface area contributed by atoms with E-state index in [1.165, 1.54) is 0 Å². The zero-order chi connectivity index (χ0) is 10.8. The average molecular weight is 195 g/mol. The van der Waals surface area contributed by atoms with E-state index >= 15 is 0 Å². The van der Waals surface area contributed by atoms with Crippen molar-refractivity contribution in [3.8, 4) is 12.3 Å². The summed E-state index contributed by atoms with van der Waals surface area (Å²) in [4.78, 5) is 11.2. The van der Waals surface area contributed by atoms with E-state index in [-0.39, 0.29) is 6.09 Å². The van der Waals surface area contributed by atoms with Crippen LogP contribution in [0.1, 0.15) is 27.2 Å². The number of amides is 1. The largest absolute Gasteiger partial charge is 0.444 e. The van der Waals surface area contributed by atoms with Crippen molar-refractivity contribution in [1.82, 2.24) is 5.32 Å². The fourth-order valence-electron chi connectivity index (χ4n) is 1.21. The summed E-state index contributed by atoms with van der Waals surface area (Å²) >= 11 is 0. The number of hydrogen-bond acceptors (Lipinski definition) is 2. The molecular weight excluding hydrogens is 178 g/mol. The number of hydrogen-bond donors (Lipinski definition) is 1. The number of terminal acetylenes is 1. The fraction of sp³-hybridized carbons (Fsp3) is 0.727. The molecule has 1 amide bonds. The first-order valence-corrected chi connectivity index (χ1v) is 4.85. The van der Waals surface area contributed by atoms with Gasteiger partial charge in [-0.1, -0.05) is 0 Å².